The minimum Gasteiger partial charge on any atom is -0.370 e. The van der Waals surface area contributed by atoms with E-state index < -0.39 is 0 Å². The van der Waals surface area contributed by atoms with E-state index in [9.17, 15) is 9.59 Å². The summed E-state index contributed by atoms with van der Waals surface area (Å²) in [6.45, 7) is 3.11. The van der Waals surface area contributed by atoms with Gasteiger partial charge in [0.25, 0.3) is 5.91 Å². The monoisotopic (exact) mass is 397 g/mol. The molecule has 6 heteroatoms. The standard InChI is InChI=1S/C22H24ClN3O2/c23-19-12-17(8-9-20(19)25-10-4-5-11-25)22(28)24-18-13-21(27)26(15-18)14-16-6-2-1-3-7-16/h1-3,6-9,12,18H,4-5,10-11,13-15H2,(H,24,28). The molecule has 2 aliphatic heterocycles. The fourth-order valence-electron chi connectivity index (χ4n) is 3.96. The van der Waals surface area contributed by atoms with Gasteiger partial charge < -0.3 is 15.1 Å². The Kier molecular flexibility index (Phi) is 5.53. The summed E-state index contributed by atoms with van der Waals surface area (Å²) in [5.74, 6) is -0.120. The van der Waals surface area contributed by atoms with Crippen molar-refractivity contribution in [3.8, 4) is 0 Å². The van der Waals surface area contributed by atoms with Crippen LogP contribution in [-0.4, -0.2) is 42.4 Å². The van der Waals surface area contributed by atoms with E-state index in [1.54, 1.807) is 11.0 Å². The summed E-state index contributed by atoms with van der Waals surface area (Å²) in [4.78, 5) is 29.0. The molecule has 0 aliphatic carbocycles. The summed E-state index contributed by atoms with van der Waals surface area (Å²) in [6.07, 6.45) is 2.68. The van der Waals surface area contributed by atoms with Crippen molar-refractivity contribution in [1.82, 2.24) is 10.2 Å². The number of halogens is 1. The summed E-state index contributed by atoms with van der Waals surface area (Å²) in [6, 6.07) is 15.2. The predicted octanol–water partition coefficient (Wildman–Crippen LogP) is 3.47. The van der Waals surface area contributed by atoms with Gasteiger partial charge in [-0.05, 0) is 36.6 Å². The first kappa shape index (κ1) is 18.8. The number of nitrogens with one attached hydrogen (secondary N) is 1. The number of hydrogen-bond acceptors (Lipinski definition) is 3. The van der Waals surface area contributed by atoms with E-state index in [2.05, 4.69) is 10.2 Å². The van der Waals surface area contributed by atoms with E-state index in [1.165, 1.54) is 12.8 Å². The molecule has 0 bridgehead atoms. The lowest BCUT2D eigenvalue weighted by atomic mass is 10.1. The molecule has 2 heterocycles. The van der Waals surface area contributed by atoms with Gasteiger partial charge in [0.05, 0.1) is 16.8 Å². The molecular formula is C22H24ClN3O2. The molecule has 146 valence electrons. The first-order valence-electron chi connectivity index (χ1n) is 9.77. The number of nitrogens with zero attached hydrogens (tertiary/aromatic N) is 2. The van der Waals surface area contributed by atoms with Crippen LogP contribution in [0.25, 0.3) is 0 Å². The summed E-state index contributed by atoms with van der Waals surface area (Å²) in [7, 11) is 0. The lowest BCUT2D eigenvalue weighted by molar-refractivity contribution is -0.128. The summed E-state index contributed by atoms with van der Waals surface area (Å²) in [5, 5.41) is 3.58. The van der Waals surface area contributed by atoms with Crippen molar-refractivity contribution in [2.24, 2.45) is 0 Å². The average molecular weight is 398 g/mol. The quantitative estimate of drug-likeness (QED) is 0.840. The van der Waals surface area contributed by atoms with Crippen LogP contribution in [0.3, 0.4) is 0 Å². The van der Waals surface area contributed by atoms with Crippen LogP contribution in [-0.2, 0) is 11.3 Å². The van der Waals surface area contributed by atoms with Gasteiger partial charge in [-0.25, -0.2) is 0 Å². The van der Waals surface area contributed by atoms with E-state index in [0.29, 0.717) is 30.1 Å². The first-order chi connectivity index (χ1) is 13.6. The van der Waals surface area contributed by atoms with Crippen molar-refractivity contribution in [2.45, 2.75) is 31.8 Å². The molecule has 0 aromatic heterocycles. The number of rotatable bonds is 5. The van der Waals surface area contributed by atoms with E-state index in [0.717, 1.165) is 24.3 Å². The third kappa shape index (κ3) is 4.14. The van der Waals surface area contributed by atoms with Gasteiger partial charge >= 0.3 is 0 Å². The fraction of sp³-hybridized carbons (Fsp3) is 0.364. The van der Waals surface area contributed by atoms with Crippen LogP contribution in [0.5, 0.6) is 0 Å². The van der Waals surface area contributed by atoms with Gasteiger partial charge in [0.1, 0.15) is 0 Å². The Balaban J connectivity index is 1.37. The SMILES string of the molecule is O=C(NC1CC(=O)N(Cc2ccccc2)C1)c1ccc(N2CCCC2)c(Cl)c1. The molecule has 1 atom stereocenters. The number of anilines is 1. The Bertz CT molecular complexity index is 865. The predicted molar refractivity (Wildman–Crippen MR) is 111 cm³/mol. The number of carbonyl (C=O) groups is 2. The molecule has 2 fully saturated rings. The summed E-state index contributed by atoms with van der Waals surface area (Å²) < 4.78 is 0. The third-order valence-corrected chi connectivity index (χ3v) is 5.73. The number of carbonyl (C=O) groups excluding carboxylic acids is 2. The molecule has 2 aliphatic rings. The molecule has 0 saturated carbocycles. The largest absolute Gasteiger partial charge is 0.370 e. The zero-order valence-electron chi connectivity index (χ0n) is 15.7. The Hall–Kier alpha value is -2.53. The minimum absolute atomic E-state index is 0.0663. The van der Waals surface area contributed by atoms with Crippen LogP contribution >= 0.6 is 11.6 Å². The van der Waals surface area contributed by atoms with E-state index in [4.69, 9.17) is 11.6 Å². The molecule has 0 radical (unpaired) electrons. The van der Waals surface area contributed by atoms with Gasteiger partial charge in [0, 0.05) is 38.2 Å². The summed E-state index contributed by atoms with van der Waals surface area (Å²) >= 11 is 6.42. The molecule has 28 heavy (non-hydrogen) atoms. The Morgan fingerprint density at radius 1 is 1.11 bits per heavy atom. The second kappa shape index (κ2) is 8.23. The van der Waals surface area contributed by atoms with E-state index in [1.807, 2.05) is 42.5 Å². The van der Waals surface area contributed by atoms with Crippen molar-refractivity contribution in [1.29, 1.82) is 0 Å². The Morgan fingerprint density at radius 2 is 1.86 bits per heavy atom. The molecular weight excluding hydrogens is 374 g/mol. The maximum absolute atomic E-state index is 12.6. The van der Waals surface area contributed by atoms with Gasteiger partial charge in [-0.3, -0.25) is 9.59 Å². The Morgan fingerprint density at radius 3 is 2.57 bits per heavy atom. The number of hydrogen-bond donors (Lipinski definition) is 1. The van der Waals surface area contributed by atoms with Crippen LogP contribution in [0.15, 0.2) is 48.5 Å². The van der Waals surface area contributed by atoms with Crippen LogP contribution in [0.2, 0.25) is 5.02 Å². The highest BCUT2D eigenvalue weighted by atomic mass is 35.5. The van der Waals surface area contributed by atoms with Crippen LogP contribution in [0.4, 0.5) is 5.69 Å². The Labute approximate surface area is 170 Å². The van der Waals surface area contributed by atoms with Gasteiger partial charge in [0.2, 0.25) is 5.91 Å². The molecule has 1 N–H and O–H groups in total. The van der Waals surface area contributed by atoms with Gasteiger partial charge in [-0.2, -0.15) is 0 Å². The van der Waals surface area contributed by atoms with Crippen molar-refractivity contribution >= 4 is 29.1 Å². The molecule has 5 nitrogen and oxygen atoms in total. The maximum atomic E-state index is 12.6. The highest BCUT2D eigenvalue weighted by Crippen LogP contribution is 2.29. The number of likely N-dealkylation sites (tertiary alicyclic amines) is 1. The zero-order valence-corrected chi connectivity index (χ0v) is 16.5. The smallest absolute Gasteiger partial charge is 0.251 e. The minimum atomic E-state index is -0.186. The van der Waals surface area contributed by atoms with Crippen LogP contribution in [0, 0.1) is 0 Å². The molecule has 2 saturated heterocycles. The van der Waals surface area contributed by atoms with Gasteiger partial charge in [-0.15, -0.1) is 0 Å². The summed E-state index contributed by atoms with van der Waals surface area (Å²) in [5.41, 5.74) is 2.61. The highest BCUT2D eigenvalue weighted by molar-refractivity contribution is 6.33. The second-order valence-electron chi connectivity index (χ2n) is 7.49. The molecule has 4 rings (SSSR count). The van der Waals surface area contributed by atoms with Crippen molar-refractivity contribution in [2.75, 3.05) is 24.5 Å². The van der Waals surface area contributed by atoms with Crippen molar-refractivity contribution in [3.63, 3.8) is 0 Å². The normalized spacial score (nSPS) is 19.3. The lowest BCUT2D eigenvalue weighted by Crippen LogP contribution is -2.37. The topological polar surface area (TPSA) is 52.7 Å². The van der Waals surface area contributed by atoms with Crippen molar-refractivity contribution < 1.29 is 9.59 Å². The number of amides is 2. The first-order valence-corrected chi connectivity index (χ1v) is 10.1. The zero-order chi connectivity index (χ0) is 19.5. The van der Waals surface area contributed by atoms with Gasteiger partial charge in [0.15, 0.2) is 0 Å². The molecule has 1 unspecified atom stereocenters. The van der Waals surface area contributed by atoms with E-state index >= 15 is 0 Å². The molecule has 2 aromatic rings. The van der Waals surface area contributed by atoms with Crippen molar-refractivity contribution in [3.05, 3.63) is 64.7 Å². The third-order valence-electron chi connectivity index (χ3n) is 5.42. The molecule has 2 amide bonds. The van der Waals surface area contributed by atoms with E-state index in [-0.39, 0.29) is 17.9 Å². The molecule has 2 aromatic carbocycles. The average Bonchev–Trinajstić information content (AvgIpc) is 3.33. The molecule has 0 spiro atoms. The number of benzene rings is 2. The van der Waals surface area contributed by atoms with Crippen LogP contribution < -0.4 is 10.2 Å². The maximum Gasteiger partial charge on any atom is 0.251 e. The fourth-order valence-corrected chi connectivity index (χ4v) is 4.26. The van der Waals surface area contributed by atoms with Gasteiger partial charge in [-0.1, -0.05) is 41.9 Å². The second-order valence-corrected chi connectivity index (χ2v) is 7.90. The highest BCUT2D eigenvalue weighted by Gasteiger charge is 2.30. The van der Waals surface area contributed by atoms with Crippen LogP contribution in [0.1, 0.15) is 35.2 Å². The lowest BCUT2D eigenvalue weighted by Gasteiger charge is -2.20.